The number of amides is 1. The zero-order valence-electron chi connectivity index (χ0n) is 14.5. The molecule has 1 fully saturated rings. The van der Waals surface area contributed by atoms with Gasteiger partial charge in [0.1, 0.15) is 27.0 Å². The fraction of sp³-hybridized carbons (Fsp3) is 0.438. The zero-order chi connectivity index (χ0) is 20.2. The first-order chi connectivity index (χ1) is 12.4. The molecule has 1 amide bonds. The molecule has 1 atom stereocenters. The van der Waals surface area contributed by atoms with E-state index in [1.165, 1.54) is 6.07 Å². The third-order valence-electron chi connectivity index (χ3n) is 4.36. The third kappa shape index (κ3) is 3.21. The Morgan fingerprint density at radius 2 is 1.96 bits per heavy atom. The van der Waals surface area contributed by atoms with Gasteiger partial charge in [-0.05, 0) is 39.0 Å². The molecular weight excluding hydrogens is 387 g/mol. The summed E-state index contributed by atoms with van der Waals surface area (Å²) >= 11 is 0.973. The molecule has 2 aromatic rings. The number of carboxylic acid groups (broad SMARTS) is 1. The Balaban J connectivity index is 2.02. The fourth-order valence-electron chi connectivity index (χ4n) is 3.09. The molecule has 1 aromatic heterocycles. The van der Waals surface area contributed by atoms with Crippen LogP contribution >= 0.6 is 11.3 Å². The van der Waals surface area contributed by atoms with Crippen molar-refractivity contribution in [3.63, 3.8) is 0 Å². The van der Waals surface area contributed by atoms with E-state index < -0.39 is 34.8 Å². The SMILES string of the molecule is CC1(C)OCC(C)(c2nnc(-c3ccc(O)c(C(F)(F)F)c3)s2)N1C(=O)O. The highest BCUT2D eigenvalue weighted by Gasteiger charge is 2.54. The molecule has 0 bridgehead atoms. The van der Waals surface area contributed by atoms with E-state index >= 15 is 0 Å². The number of halogens is 3. The topological polar surface area (TPSA) is 95.8 Å². The largest absolute Gasteiger partial charge is 0.507 e. The van der Waals surface area contributed by atoms with Crippen molar-refractivity contribution in [2.24, 2.45) is 0 Å². The number of alkyl halides is 3. The van der Waals surface area contributed by atoms with Crippen molar-refractivity contribution in [3.05, 3.63) is 28.8 Å². The summed E-state index contributed by atoms with van der Waals surface area (Å²) < 4.78 is 44.6. The van der Waals surface area contributed by atoms with Crippen LogP contribution in [0.5, 0.6) is 5.75 Å². The smallest absolute Gasteiger partial charge is 0.419 e. The summed E-state index contributed by atoms with van der Waals surface area (Å²) in [4.78, 5) is 12.8. The van der Waals surface area contributed by atoms with E-state index in [1.54, 1.807) is 20.8 Å². The molecule has 0 saturated carbocycles. The quantitative estimate of drug-likeness (QED) is 0.790. The summed E-state index contributed by atoms with van der Waals surface area (Å²) in [6.07, 6.45) is -5.93. The Bertz CT molecular complexity index is 899. The van der Waals surface area contributed by atoms with Crippen LogP contribution in [-0.4, -0.2) is 43.7 Å². The maximum Gasteiger partial charge on any atom is 0.419 e. The number of aromatic hydroxyl groups is 1. The van der Waals surface area contributed by atoms with Crippen LogP contribution in [0.2, 0.25) is 0 Å². The van der Waals surface area contributed by atoms with Gasteiger partial charge in [0, 0.05) is 5.56 Å². The minimum absolute atomic E-state index is 0.0321. The van der Waals surface area contributed by atoms with Crippen LogP contribution in [0.1, 0.15) is 31.3 Å². The van der Waals surface area contributed by atoms with Gasteiger partial charge in [0.15, 0.2) is 0 Å². The van der Waals surface area contributed by atoms with Crippen molar-refractivity contribution >= 4 is 17.4 Å². The van der Waals surface area contributed by atoms with Gasteiger partial charge >= 0.3 is 12.3 Å². The normalized spacial score (nSPS) is 22.2. The predicted octanol–water partition coefficient (Wildman–Crippen LogP) is 3.89. The second-order valence-electron chi connectivity index (χ2n) is 6.77. The van der Waals surface area contributed by atoms with Gasteiger partial charge in [-0.2, -0.15) is 13.2 Å². The Labute approximate surface area is 156 Å². The van der Waals surface area contributed by atoms with Crippen LogP contribution in [0.15, 0.2) is 18.2 Å². The van der Waals surface area contributed by atoms with E-state index in [0.29, 0.717) is 5.01 Å². The Hall–Kier alpha value is -2.40. The number of phenolic OH excluding ortho intramolecular Hbond substituents is 1. The van der Waals surface area contributed by atoms with Crippen LogP contribution in [0.4, 0.5) is 18.0 Å². The predicted molar refractivity (Wildman–Crippen MR) is 89.3 cm³/mol. The molecule has 1 aliphatic rings. The lowest BCUT2D eigenvalue weighted by atomic mass is 10.0. The molecule has 1 aliphatic heterocycles. The van der Waals surface area contributed by atoms with Crippen LogP contribution in [0.3, 0.4) is 0 Å². The molecule has 1 aromatic carbocycles. The van der Waals surface area contributed by atoms with Crippen molar-refractivity contribution in [2.45, 2.75) is 38.2 Å². The van der Waals surface area contributed by atoms with Gasteiger partial charge in [-0.1, -0.05) is 11.3 Å². The molecule has 7 nitrogen and oxygen atoms in total. The lowest BCUT2D eigenvalue weighted by Crippen LogP contribution is -2.51. The summed E-state index contributed by atoms with van der Waals surface area (Å²) in [5.74, 6) is -0.883. The van der Waals surface area contributed by atoms with Gasteiger partial charge in [0.25, 0.3) is 0 Å². The molecule has 0 spiro atoms. The highest BCUT2D eigenvalue weighted by Crippen LogP contribution is 2.44. The van der Waals surface area contributed by atoms with Gasteiger partial charge in [0.2, 0.25) is 0 Å². The third-order valence-corrected chi connectivity index (χ3v) is 5.59. The average Bonchev–Trinajstić information content (AvgIpc) is 3.10. The van der Waals surface area contributed by atoms with E-state index in [9.17, 15) is 28.2 Å². The molecule has 11 heteroatoms. The van der Waals surface area contributed by atoms with Crippen LogP contribution in [-0.2, 0) is 16.5 Å². The lowest BCUT2D eigenvalue weighted by molar-refractivity contribution is -0.138. The van der Waals surface area contributed by atoms with Gasteiger partial charge in [-0.3, -0.25) is 4.90 Å². The fourth-order valence-corrected chi connectivity index (χ4v) is 4.05. The first kappa shape index (κ1) is 19.4. The zero-order valence-corrected chi connectivity index (χ0v) is 15.4. The summed E-state index contributed by atoms with van der Waals surface area (Å²) in [5.41, 5.74) is -3.28. The molecular formula is C16H16F3N3O4S. The van der Waals surface area contributed by atoms with Gasteiger partial charge in [0.05, 0.1) is 12.2 Å². The molecule has 27 heavy (non-hydrogen) atoms. The number of phenols is 1. The molecule has 2 N–H and O–H groups in total. The van der Waals surface area contributed by atoms with Crippen molar-refractivity contribution in [2.75, 3.05) is 6.61 Å². The second-order valence-corrected chi connectivity index (χ2v) is 7.75. The number of nitrogens with zero attached hydrogens (tertiary/aromatic N) is 3. The summed E-state index contributed by atoms with van der Waals surface area (Å²) in [6.45, 7) is 4.86. The average molecular weight is 403 g/mol. The van der Waals surface area contributed by atoms with E-state index in [0.717, 1.165) is 28.4 Å². The van der Waals surface area contributed by atoms with E-state index in [4.69, 9.17) is 4.74 Å². The van der Waals surface area contributed by atoms with E-state index in [1.807, 2.05) is 0 Å². The highest BCUT2D eigenvalue weighted by atomic mass is 32.1. The first-order valence-electron chi connectivity index (χ1n) is 7.78. The maximum atomic E-state index is 13.0. The number of benzene rings is 1. The summed E-state index contributed by atoms with van der Waals surface area (Å²) in [5, 5.41) is 27.4. The van der Waals surface area contributed by atoms with Crippen molar-refractivity contribution in [3.8, 4) is 16.3 Å². The highest BCUT2D eigenvalue weighted by molar-refractivity contribution is 7.14. The monoisotopic (exact) mass is 403 g/mol. The number of hydrogen-bond donors (Lipinski definition) is 2. The van der Waals surface area contributed by atoms with E-state index in [-0.39, 0.29) is 17.2 Å². The Morgan fingerprint density at radius 1 is 1.30 bits per heavy atom. The first-order valence-corrected chi connectivity index (χ1v) is 8.60. The standard InChI is InChI=1S/C16H16F3N3O4S/c1-14(2)22(13(24)25)15(3,7-26-14)12-21-20-11(27-12)8-4-5-10(23)9(6-8)16(17,18)19/h4-6,23H,7H2,1-3H3,(H,24,25). The molecule has 146 valence electrons. The van der Waals surface area contributed by atoms with Gasteiger partial charge in [-0.15, -0.1) is 10.2 Å². The molecule has 3 rings (SSSR count). The molecule has 2 heterocycles. The number of carbonyl (C=O) groups is 1. The Kier molecular flexibility index (Phi) is 4.35. The van der Waals surface area contributed by atoms with Crippen LogP contribution in [0, 0.1) is 0 Å². The van der Waals surface area contributed by atoms with Crippen molar-refractivity contribution in [1.82, 2.24) is 15.1 Å². The molecule has 0 aliphatic carbocycles. The number of ether oxygens (including phenoxy) is 1. The van der Waals surface area contributed by atoms with Crippen LogP contribution < -0.4 is 0 Å². The summed E-state index contributed by atoms with van der Waals surface area (Å²) in [7, 11) is 0. The second kappa shape index (κ2) is 6.06. The molecule has 0 radical (unpaired) electrons. The van der Waals surface area contributed by atoms with E-state index in [2.05, 4.69) is 10.2 Å². The number of hydrogen-bond acceptors (Lipinski definition) is 6. The molecule has 1 saturated heterocycles. The minimum atomic E-state index is -4.72. The Morgan fingerprint density at radius 3 is 2.56 bits per heavy atom. The number of aromatic nitrogens is 2. The van der Waals surface area contributed by atoms with Gasteiger partial charge in [-0.25, -0.2) is 4.79 Å². The molecule has 1 unspecified atom stereocenters. The minimum Gasteiger partial charge on any atom is -0.507 e. The van der Waals surface area contributed by atoms with Gasteiger partial charge < -0.3 is 14.9 Å². The lowest BCUT2D eigenvalue weighted by Gasteiger charge is -2.35. The summed E-state index contributed by atoms with van der Waals surface area (Å²) in [6, 6.07) is 3.01. The van der Waals surface area contributed by atoms with Crippen LogP contribution in [0.25, 0.3) is 10.6 Å². The maximum absolute atomic E-state index is 13.0. The number of rotatable bonds is 2. The van der Waals surface area contributed by atoms with Crippen molar-refractivity contribution < 1.29 is 32.9 Å². The van der Waals surface area contributed by atoms with Crippen molar-refractivity contribution in [1.29, 1.82) is 0 Å².